The predicted octanol–water partition coefficient (Wildman–Crippen LogP) is 15.8. The van der Waals surface area contributed by atoms with Gasteiger partial charge in [0, 0.05) is 11.1 Å². The summed E-state index contributed by atoms with van der Waals surface area (Å²) in [7, 11) is 0. The van der Waals surface area contributed by atoms with E-state index < -0.39 is 48.9 Å². The van der Waals surface area contributed by atoms with E-state index in [1.807, 2.05) is 261 Å². The van der Waals surface area contributed by atoms with Crippen LogP contribution in [0.15, 0.2) is 285 Å². The first-order valence-electron chi connectivity index (χ1n) is 32.3. The molecule has 11 aromatic carbocycles. The van der Waals surface area contributed by atoms with Crippen molar-refractivity contribution in [2.24, 2.45) is 0 Å². The second-order valence-corrected chi connectivity index (χ2v) is 23.2. The zero-order chi connectivity index (χ0) is 67.1. The summed E-state index contributed by atoms with van der Waals surface area (Å²) in [6, 6.07) is 86.9. The molecule has 0 radical (unpaired) electrons. The fourth-order valence-corrected chi connectivity index (χ4v) is 11.1. The summed E-state index contributed by atoms with van der Waals surface area (Å²) in [4.78, 5) is 48.0. The second kappa shape index (κ2) is 33.8. The molecule has 494 valence electrons. The van der Waals surface area contributed by atoms with Crippen LogP contribution in [0.4, 0.5) is 0 Å². The van der Waals surface area contributed by atoms with Gasteiger partial charge in [0.25, 0.3) is 0 Å². The molecule has 0 spiro atoms. The van der Waals surface area contributed by atoms with Gasteiger partial charge in [-0.1, -0.05) is 273 Å². The molecule has 0 amide bonds. The van der Waals surface area contributed by atoms with Crippen molar-refractivity contribution in [3.05, 3.63) is 346 Å². The van der Waals surface area contributed by atoms with Gasteiger partial charge in [-0.3, -0.25) is 0 Å². The lowest BCUT2D eigenvalue weighted by molar-refractivity contribution is -0.192. The van der Waals surface area contributed by atoms with Crippen molar-refractivity contribution in [1.82, 2.24) is 0 Å². The summed E-state index contributed by atoms with van der Waals surface area (Å²) in [5.74, 6) is -3.12. The minimum Gasteiger partial charge on any atom is -0.485 e. The van der Waals surface area contributed by atoms with Crippen molar-refractivity contribution in [2.75, 3.05) is 6.61 Å². The van der Waals surface area contributed by atoms with Gasteiger partial charge in [-0.2, -0.15) is 0 Å². The lowest BCUT2D eigenvalue weighted by atomic mass is 9.91. The van der Waals surface area contributed by atoms with Gasteiger partial charge in [-0.05, 0) is 62.2 Å². The maximum atomic E-state index is 16.8. The van der Waals surface area contributed by atoms with E-state index in [2.05, 4.69) is 0 Å². The van der Waals surface area contributed by atoms with Gasteiger partial charge in [0.1, 0.15) is 65.1 Å². The molecular weight excluding hydrogens is 1240 g/mol. The number of cyclic esters (lactones) is 2. The van der Waals surface area contributed by atoms with Crippen molar-refractivity contribution in [1.29, 1.82) is 0 Å². The van der Waals surface area contributed by atoms with Crippen LogP contribution in [0.3, 0.4) is 0 Å². The highest BCUT2D eigenvalue weighted by Gasteiger charge is 2.46. The SMILES string of the molecule is O=C1OC[C@@H](O)[C@H]([C@H](OCc2ccccc2)[C@@H](OCc2ccccc2)C(=O)OCc2ccccc2)OC(=O)c2cc(OCc3ccccc3)c(OCc3ccccc3)c(OCc3ccccc3)c2-c2c1cc(OCc1ccccc1)c(OCc1ccccc1)c2OCc1ccccc1. The molecule has 0 aromatic heterocycles. The van der Waals surface area contributed by atoms with Crippen molar-refractivity contribution in [3.8, 4) is 45.6 Å². The molecule has 1 aliphatic heterocycles. The largest absolute Gasteiger partial charge is 0.485 e. The Bertz CT molecular complexity index is 4320. The molecule has 1 heterocycles. The third-order valence-electron chi connectivity index (χ3n) is 16.1. The van der Waals surface area contributed by atoms with Crippen molar-refractivity contribution in [3.63, 3.8) is 0 Å². The van der Waals surface area contributed by atoms with Gasteiger partial charge < -0.3 is 57.2 Å². The monoisotopic (exact) mass is 1310 g/mol. The number of benzene rings is 11. The molecule has 0 fully saturated rings. The summed E-state index contributed by atoms with van der Waals surface area (Å²) in [6.07, 6.45) is -7.30. The lowest BCUT2D eigenvalue weighted by Gasteiger charge is -2.34. The van der Waals surface area contributed by atoms with Gasteiger partial charge >= 0.3 is 17.9 Å². The third-order valence-corrected chi connectivity index (χ3v) is 16.1. The number of hydrogen-bond acceptors (Lipinski definition) is 15. The topological polar surface area (TPSA) is 173 Å². The van der Waals surface area contributed by atoms with Crippen LogP contribution in [0.25, 0.3) is 11.1 Å². The van der Waals surface area contributed by atoms with Crippen LogP contribution in [0.5, 0.6) is 34.5 Å². The van der Waals surface area contributed by atoms with E-state index in [1.165, 1.54) is 12.1 Å². The Morgan fingerprint density at radius 1 is 0.357 bits per heavy atom. The smallest absolute Gasteiger partial charge is 0.339 e. The van der Waals surface area contributed by atoms with Crippen LogP contribution < -0.4 is 28.4 Å². The van der Waals surface area contributed by atoms with Gasteiger partial charge in [0.05, 0.1) is 24.3 Å². The molecule has 0 bridgehead atoms. The first-order chi connectivity index (χ1) is 48.3. The van der Waals surface area contributed by atoms with Gasteiger partial charge in [-0.25, -0.2) is 14.4 Å². The third kappa shape index (κ3) is 17.7. The Morgan fingerprint density at radius 2 is 0.643 bits per heavy atom. The van der Waals surface area contributed by atoms with Gasteiger partial charge in [-0.15, -0.1) is 0 Å². The van der Waals surface area contributed by atoms with Crippen LogP contribution in [0.2, 0.25) is 0 Å². The fraction of sp³-hybridized carbons (Fsp3) is 0.169. The zero-order valence-corrected chi connectivity index (χ0v) is 53.7. The maximum Gasteiger partial charge on any atom is 0.339 e. The molecule has 0 aliphatic carbocycles. The quantitative estimate of drug-likeness (QED) is 0.0346. The molecule has 1 N–H and O–H groups in total. The molecule has 11 aromatic rings. The molecule has 15 heteroatoms. The summed E-state index contributed by atoms with van der Waals surface area (Å²) >= 11 is 0. The molecular formula is C83H72O15. The first-order valence-corrected chi connectivity index (χ1v) is 32.3. The number of fused-ring (bicyclic) bond motifs is 3. The minimum absolute atomic E-state index is 0.00547. The number of carbonyl (C=O) groups is 3. The second-order valence-electron chi connectivity index (χ2n) is 23.2. The van der Waals surface area contributed by atoms with Crippen LogP contribution >= 0.6 is 0 Å². The average Bonchev–Trinajstić information content (AvgIpc) is 0.921. The van der Waals surface area contributed by atoms with Crippen molar-refractivity contribution >= 4 is 17.9 Å². The van der Waals surface area contributed by atoms with E-state index in [0.717, 1.165) is 27.8 Å². The molecule has 15 nitrogen and oxygen atoms in total. The van der Waals surface area contributed by atoms with E-state index in [-0.39, 0.29) is 116 Å². The average molecular weight is 1310 g/mol. The molecule has 98 heavy (non-hydrogen) atoms. The highest BCUT2D eigenvalue weighted by Crippen LogP contribution is 2.56. The zero-order valence-electron chi connectivity index (χ0n) is 53.7. The Hall–Kier alpha value is -11.5. The highest BCUT2D eigenvalue weighted by molar-refractivity contribution is 6.09. The van der Waals surface area contributed by atoms with Crippen LogP contribution in [0.1, 0.15) is 70.8 Å². The number of rotatable bonds is 29. The molecule has 0 unspecified atom stereocenters. The fourth-order valence-electron chi connectivity index (χ4n) is 11.1. The van der Waals surface area contributed by atoms with Crippen LogP contribution in [-0.2, 0) is 87.9 Å². The van der Waals surface area contributed by atoms with Crippen LogP contribution in [0, 0.1) is 0 Å². The van der Waals surface area contributed by atoms with E-state index in [1.54, 1.807) is 12.1 Å². The summed E-state index contributed by atoms with van der Waals surface area (Å²) in [6.45, 7) is -1.75. The number of hydrogen-bond donors (Lipinski definition) is 1. The number of ether oxygens (including phenoxy) is 11. The van der Waals surface area contributed by atoms with E-state index in [9.17, 15) is 5.11 Å². The Balaban J connectivity index is 1.12. The first kappa shape index (κ1) is 66.5. The summed E-state index contributed by atoms with van der Waals surface area (Å²) in [5, 5.41) is 13.0. The maximum absolute atomic E-state index is 16.8. The van der Waals surface area contributed by atoms with Gasteiger partial charge in [0.2, 0.25) is 11.5 Å². The lowest BCUT2D eigenvalue weighted by Crippen LogP contribution is -2.53. The van der Waals surface area contributed by atoms with Crippen molar-refractivity contribution < 1.29 is 71.6 Å². The Morgan fingerprint density at radius 3 is 0.990 bits per heavy atom. The normalized spacial score (nSPS) is 14.1. The van der Waals surface area contributed by atoms with E-state index in [4.69, 9.17) is 52.1 Å². The highest BCUT2D eigenvalue weighted by atomic mass is 16.6. The molecule has 0 saturated carbocycles. The van der Waals surface area contributed by atoms with Crippen molar-refractivity contribution in [2.45, 2.75) is 83.9 Å². The molecule has 1 aliphatic rings. The number of aliphatic hydroxyl groups excluding tert-OH is 1. The molecule has 4 atom stereocenters. The number of esters is 3. The van der Waals surface area contributed by atoms with E-state index in [0.29, 0.717) is 22.3 Å². The van der Waals surface area contributed by atoms with Crippen LogP contribution in [-0.4, -0.2) is 54.0 Å². The predicted molar refractivity (Wildman–Crippen MR) is 368 cm³/mol. The Labute approximate surface area is 569 Å². The minimum atomic E-state index is -1.95. The Kier molecular flexibility index (Phi) is 22.9. The van der Waals surface area contributed by atoms with E-state index >= 15 is 14.4 Å². The summed E-state index contributed by atoms with van der Waals surface area (Å²) in [5.41, 5.74) is 5.85. The van der Waals surface area contributed by atoms with Gasteiger partial charge in [0.15, 0.2) is 35.2 Å². The standard InChI is InChI=1S/C83H72O15/c84-69-57-97-81(85)67-46-70(88-48-58-28-10-1-11-29-58)75(90-50-60-32-14-3-15-33-60)77(92-52-62-36-18-5-19-37-62)72(67)73-68(47-71(89-49-59-30-12-2-13-31-59)76(91-51-61-34-16-4-17-35-61)78(73)93-53-63-38-20-6-21-39-63)82(86)98-74(69)79(94-54-64-40-22-7-23-41-64)80(95-55-65-42-24-8-25-43-65)83(87)96-56-66-44-26-9-27-45-66/h1-47,69,74,79-80,84H,48-57H2/t69-,74-,79+,80-/m1/s1. The molecule has 12 rings (SSSR count). The summed E-state index contributed by atoms with van der Waals surface area (Å²) < 4.78 is 74.8. The number of aliphatic hydroxyl groups is 1. The molecule has 0 saturated heterocycles. The number of carbonyl (C=O) groups excluding carboxylic acids is 3.